The van der Waals surface area contributed by atoms with E-state index in [9.17, 15) is 0 Å². The molecule has 0 heterocycles. The van der Waals surface area contributed by atoms with Gasteiger partial charge in [0, 0.05) is 138 Å². The van der Waals surface area contributed by atoms with E-state index in [-0.39, 0.29) is 138 Å². The monoisotopic (exact) mass is 231 g/mol. The Bertz CT molecular complexity index is 3.61. The van der Waals surface area contributed by atoms with E-state index in [4.69, 9.17) is 0 Å². The molecular weight excluding hydrogens is 231 g/mol. The zero-order valence-electron chi connectivity index (χ0n) is 3.00. The van der Waals surface area contributed by atoms with Gasteiger partial charge in [0.15, 0.2) is 0 Å². The summed E-state index contributed by atoms with van der Waals surface area (Å²) >= 11 is 0. The van der Waals surface area contributed by atoms with E-state index in [2.05, 4.69) is 0 Å². The molecule has 0 N–H and O–H groups in total. The van der Waals surface area contributed by atoms with Crippen LogP contribution in [0.1, 0.15) is 0 Å². The first-order chi connectivity index (χ1) is 0. The van der Waals surface area contributed by atoms with Gasteiger partial charge in [-0.25, -0.2) is 0 Å². The minimum Gasteiger partial charge on any atom is 0 e. The van der Waals surface area contributed by atoms with Gasteiger partial charge in [-0.1, -0.05) is 0 Å². The Morgan fingerprint density at radius 3 is 0.400 bits per heavy atom. The molecule has 0 aliphatic heterocycles. The Balaban J connectivity index is 0. The molecule has 0 aliphatic carbocycles. The van der Waals surface area contributed by atoms with Crippen LogP contribution in [-0.2, 0) is 86.9 Å². The minimum atomic E-state index is 0. The summed E-state index contributed by atoms with van der Waals surface area (Å²) in [4.78, 5) is 0. The molecule has 0 bridgehead atoms. The molecule has 0 aliphatic rings. The first kappa shape index (κ1) is 33.9. The fourth-order valence-electron chi connectivity index (χ4n) is 0. The van der Waals surface area contributed by atoms with Crippen molar-refractivity contribution in [1.82, 2.24) is 0 Å². The van der Waals surface area contributed by atoms with Crippen molar-refractivity contribution < 1.29 is 86.9 Å². The second-order valence-corrected chi connectivity index (χ2v) is 0. The van der Waals surface area contributed by atoms with Crippen molar-refractivity contribution in [2.45, 2.75) is 0 Å². The third kappa shape index (κ3) is 17.7. The molecule has 0 unspecified atom stereocenters. The van der Waals surface area contributed by atoms with Crippen molar-refractivity contribution in [2.75, 3.05) is 0 Å². The van der Waals surface area contributed by atoms with Crippen molar-refractivity contribution >= 4 is 51.4 Å². The zero-order valence-corrected chi connectivity index (χ0v) is 12.4. The van der Waals surface area contributed by atoms with Crippen molar-refractivity contribution in [1.29, 1.82) is 0 Å². The molecule has 1 radical (unpaired) electrons. The molecular formula is KTi4. The Morgan fingerprint density at radius 1 is 0.400 bits per heavy atom. The normalized spacial score (nSPS) is 0. The Hall–Kier alpha value is 4.49. The third-order valence-corrected chi connectivity index (χ3v) is 0. The fraction of sp³-hybridized carbons (Fsp3) is 0. The van der Waals surface area contributed by atoms with Gasteiger partial charge in [0.25, 0.3) is 0 Å². The maximum absolute atomic E-state index is 0. The predicted octanol–water partition coefficient (Wildman–Crippen LogP) is -0.391. The van der Waals surface area contributed by atoms with E-state index >= 15 is 0 Å². The van der Waals surface area contributed by atoms with Gasteiger partial charge >= 0.3 is 0 Å². The fourth-order valence-corrected chi connectivity index (χ4v) is 0. The molecule has 0 spiro atoms. The number of hydrogen-bond acceptors (Lipinski definition) is 0. The minimum absolute atomic E-state index is 0. The van der Waals surface area contributed by atoms with E-state index in [1.165, 1.54) is 0 Å². The van der Waals surface area contributed by atoms with E-state index in [0.29, 0.717) is 0 Å². The molecule has 0 amide bonds. The largest absolute Gasteiger partial charge is 0 e. The summed E-state index contributed by atoms with van der Waals surface area (Å²) in [5, 5.41) is 0. The molecule has 0 rings (SSSR count). The van der Waals surface area contributed by atoms with Crippen molar-refractivity contribution in [2.24, 2.45) is 0 Å². The van der Waals surface area contributed by atoms with E-state index in [1.54, 1.807) is 0 Å². The number of hydrogen-bond donors (Lipinski definition) is 0. The maximum atomic E-state index is 0. The first-order valence-electron chi connectivity index (χ1n) is 0. The van der Waals surface area contributed by atoms with Gasteiger partial charge in [-0.2, -0.15) is 0 Å². The topological polar surface area (TPSA) is 0 Å². The van der Waals surface area contributed by atoms with Crippen LogP contribution < -0.4 is 0 Å². The summed E-state index contributed by atoms with van der Waals surface area (Å²) in [7, 11) is 0. The summed E-state index contributed by atoms with van der Waals surface area (Å²) in [6, 6.07) is 0. The molecule has 0 aromatic carbocycles. The van der Waals surface area contributed by atoms with E-state index < -0.39 is 0 Å². The van der Waals surface area contributed by atoms with E-state index in [0.717, 1.165) is 0 Å². The van der Waals surface area contributed by atoms with Gasteiger partial charge in [0.2, 0.25) is 0 Å². The molecule has 0 aromatic rings. The van der Waals surface area contributed by atoms with Gasteiger partial charge in [-0.3, -0.25) is 0 Å². The summed E-state index contributed by atoms with van der Waals surface area (Å²) in [6.45, 7) is 0. The zero-order chi connectivity index (χ0) is 0. The summed E-state index contributed by atoms with van der Waals surface area (Å²) < 4.78 is 0. The van der Waals surface area contributed by atoms with Crippen LogP contribution in [-0.4, -0.2) is 51.4 Å². The van der Waals surface area contributed by atoms with Crippen molar-refractivity contribution in [3.63, 3.8) is 0 Å². The SMILES string of the molecule is [K].[Ti].[Ti].[Ti].[Ti]. The predicted molar refractivity (Wildman–Crippen MR) is 5.75 cm³/mol. The van der Waals surface area contributed by atoms with Gasteiger partial charge in [-0.15, -0.1) is 0 Å². The van der Waals surface area contributed by atoms with Gasteiger partial charge < -0.3 is 0 Å². The van der Waals surface area contributed by atoms with Gasteiger partial charge in [0.1, 0.15) is 0 Å². The van der Waals surface area contributed by atoms with E-state index in [1.807, 2.05) is 0 Å². The smallest absolute Gasteiger partial charge is 0 e. The third-order valence-electron chi connectivity index (χ3n) is 0. The van der Waals surface area contributed by atoms with Crippen LogP contribution in [0.5, 0.6) is 0 Å². The first-order valence-corrected chi connectivity index (χ1v) is 0. The molecule has 0 atom stereocenters. The Morgan fingerprint density at radius 2 is 0.400 bits per heavy atom. The van der Waals surface area contributed by atoms with Crippen LogP contribution in [0.2, 0.25) is 0 Å². The second-order valence-electron chi connectivity index (χ2n) is 0. The molecule has 0 nitrogen and oxygen atoms in total. The standard InChI is InChI=1S/K.4Ti. The molecule has 0 fully saturated rings. The maximum Gasteiger partial charge on any atom is 0 e. The summed E-state index contributed by atoms with van der Waals surface area (Å²) in [6.07, 6.45) is 0. The molecule has 5 heteroatoms. The second kappa shape index (κ2) is 23.6. The average Bonchev–Trinajstić information content (AvgIpc) is 0. The number of rotatable bonds is 0. The molecule has 0 aromatic heterocycles. The quantitative estimate of drug-likeness (QED) is 0.497. The van der Waals surface area contributed by atoms with Crippen molar-refractivity contribution in [3.8, 4) is 0 Å². The molecule has 0 saturated carbocycles. The summed E-state index contributed by atoms with van der Waals surface area (Å²) in [5.74, 6) is 0. The Kier molecular flexibility index (Phi) is 160. The molecule has 17 valence electrons. The van der Waals surface area contributed by atoms with Gasteiger partial charge in [0.05, 0.1) is 0 Å². The van der Waals surface area contributed by atoms with Crippen LogP contribution in [0.25, 0.3) is 0 Å². The molecule has 0 saturated heterocycles. The van der Waals surface area contributed by atoms with Crippen LogP contribution in [0.4, 0.5) is 0 Å². The van der Waals surface area contributed by atoms with Crippen LogP contribution >= 0.6 is 0 Å². The van der Waals surface area contributed by atoms with Crippen molar-refractivity contribution in [3.05, 3.63) is 0 Å². The van der Waals surface area contributed by atoms with Crippen LogP contribution in [0, 0.1) is 0 Å². The van der Waals surface area contributed by atoms with Gasteiger partial charge in [-0.05, 0) is 0 Å². The van der Waals surface area contributed by atoms with Crippen LogP contribution in [0.3, 0.4) is 0 Å². The average molecular weight is 231 g/mol. The Labute approximate surface area is 134 Å². The van der Waals surface area contributed by atoms with Crippen LogP contribution in [0.15, 0.2) is 0 Å². The summed E-state index contributed by atoms with van der Waals surface area (Å²) in [5.41, 5.74) is 0. The molecule has 5 heavy (non-hydrogen) atoms.